The van der Waals surface area contributed by atoms with E-state index >= 15 is 0 Å². The van der Waals surface area contributed by atoms with Crippen molar-refractivity contribution in [1.82, 2.24) is 19.9 Å². The van der Waals surface area contributed by atoms with Crippen molar-refractivity contribution in [1.29, 1.82) is 0 Å². The van der Waals surface area contributed by atoms with Crippen LogP contribution in [0.4, 0.5) is 0 Å². The van der Waals surface area contributed by atoms with Crippen LogP contribution in [0.1, 0.15) is 37.2 Å². The molecule has 0 saturated heterocycles. The predicted molar refractivity (Wildman–Crippen MR) is 69.1 cm³/mol. The van der Waals surface area contributed by atoms with Crippen molar-refractivity contribution in [3.8, 4) is 0 Å². The highest BCUT2D eigenvalue weighted by Gasteiger charge is 2.14. The molecule has 0 bridgehead atoms. The molecule has 0 aliphatic heterocycles. The molecule has 0 fully saturated rings. The van der Waals surface area contributed by atoms with Gasteiger partial charge in [0, 0.05) is 12.1 Å². The first-order valence-electron chi connectivity index (χ1n) is 5.80. The highest BCUT2D eigenvalue weighted by atomic mass is 32.2. The van der Waals surface area contributed by atoms with Crippen LogP contribution in [-0.2, 0) is 12.3 Å². The van der Waals surface area contributed by atoms with E-state index in [0.29, 0.717) is 12.3 Å². The highest BCUT2D eigenvalue weighted by Crippen LogP contribution is 2.24. The normalized spacial score (nSPS) is 11.4. The Kier molecular flexibility index (Phi) is 4.03. The van der Waals surface area contributed by atoms with Gasteiger partial charge in [-0.25, -0.2) is 0 Å². The summed E-state index contributed by atoms with van der Waals surface area (Å²) in [6, 6.07) is 2.21. The minimum absolute atomic E-state index is 0.289. The molecule has 0 unspecified atom stereocenters. The molecule has 0 atom stereocenters. The summed E-state index contributed by atoms with van der Waals surface area (Å²) in [7, 11) is 0. The van der Waals surface area contributed by atoms with Gasteiger partial charge >= 0.3 is 0 Å². The van der Waals surface area contributed by atoms with Crippen LogP contribution in [0.3, 0.4) is 0 Å². The minimum Gasteiger partial charge on any atom is -0.360 e. The Morgan fingerprint density at radius 2 is 2.22 bits per heavy atom. The third kappa shape index (κ3) is 2.73. The first-order chi connectivity index (χ1) is 8.61. The molecule has 0 aliphatic rings. The van der Waals surface area contributed by atoms with Gasteiger partial charge in [0.25, 0.3) is 0 Å². The quantitative estimate of drug-likeness (QED) is 0.833. The van der Waals surface area contributed by atoms with E-state index in [2.05, 4.69) is 29.2 Å². The number of aryl methyl sites for hydroxylation is 1. The molecule has 2 rings (SSSR count). The lowest BCUT2D eigenvalue weighted by atomic mass is 10.4. The third-order valence-electron chi connectivity index (χ3n) is 2.45. The van der Waals surface area contributed by atoms with E-state index in [0.717, 1.165) is 22.4 Å². The Bertz CT molecular complexity index is 519. The van der Waals surface area contributed by atoms with Gasteiger partial charge in [-0.15, -0.1) is 10.2 Å². The lowest BCUT2D eigenvalue weighted by molar-refractivity contribution is 0.390. The topological polar surface area (TPSA) is 82.8 Å². The second-order valence-corrected chi connectivity index (χ2v) is 5.23. The average molecular weight is 267 g/mol. The maximum Gasteiger partial charge on any atom is 0.191 e. The molecule has 0 aliphatic carbocycles. The van der Waals surface area contributed by atoms with E-state index in [4.69, 9.17) is 10.3 Å². The summed E-state index contributed by atoms with van der Waals surface area (Å²) in [6.07, 6.45) is 0. The molecule has 2 heterocycles. The summed E-state index contributed by atoms with van der Waals surface area (Å²) in [5, 5.41) is 13.0. The van der Waals surface area contributed by atoms with Gasteiger partial charge in [-0.1, -0.05) is 16.9 Å². The Labute approximate surface area is 110 Å². The fourth-order valence-corrected chi connectivity index (χ4v) is 2.65. The number of thioether (sulfide) groups is 1. The molecule has 0 spiro atoms. The molecule has 2 aromatic heterocycles. The lowest BCUT2D eigenvalue weighted by Gasteiger charge is -2.12. The first-order valence-corrected chi connectivity index (χ1v) is 6.79. The third-order valence-corrected chi connectivity index (χ3v) is 3.42. The molecule has 7 heteroatoms. The van der Waals surface area contributed by atoms with E-state index in [9.17, 15) is 0 Å². The summed E-state index contributed by atoms with van der Waals surface area (Å²) >= 11 is 1.58. The summed E-state index contributed by atoms with van der Waals surface area (Å²) in [5.74, 6) is 2.34. The second kappa shape index (κ2) is 5.53. The molecular formula is C11H17N5OS. The van der Waals surface area contributed by atoms with Crippen LogP contribution in [0.5, 0.6) is 0 Å². The van der Waals surface area contributed by atoms with Crippen LogP contribution in [0.15, 0.2) is 15.7 Å². The van der Waals surface area contributed by atoms with Crippen LogP contribution in [-0.4, -0.2) is 19.9 Å². The van der Waals surface area contributed by atoms with Gasteiger partial charge in [-0.3, -0.25) is 0 Å². The van der Waals surface area contributed by atoms with Crippen molar-refractivity contribution >= 4 is 11.8 Å². The number of hydrogen-bond acceptors (Lipinski definition) is 6. The van der Waals surface area contributed by atoms with E-state index < -0.39 is 0 Å². The van der Waals surface area contributed by atoms with Crippen molar-refractivity contribution in [3.63, 3.8) is 0 Å². The van der Waals surface area contributed by atoms with Gasteiger partial charge in [0.05, 0.1) is 18.0 Å². The molecule has 2 N–H and O–H groups in total. The summed E-state index contributed by atoms with van der Waals surface area (Å²) < 4.78 is 7.22. The number of hydrogen-bond donors (Lipinski definition) is 1. The molecule has 18 heavy (non-hydrogen) atoms. The molecule has 0 aromatic carbocycles. The minimum atomic E-state index is 0.289. The fourth-order valence-electron chi connectivity index (χ4n) is 1.68. The predicted octanol–water partition coefficient (Wildman–Crippen LogP) is 1.91. The van der Waals surface area contributed by atoms with E-state index in [1.807, 2.05) is 17.6 Å². The van der Waals surface area contributed by atoms with Gasteiger partial charge in [0.15, 0.2) is 5.16 Å². The number of rotatable bonds is 5. The fraction of sp³-hybridized carbons (Fsp3) is 0.545. The van der Waals surface area contributed by atoms with Gasteiger partial charge in [0.2, 0.25) is 0 Å². The van der Waals surface area contributed by atoms with Crippen molar-refractivity contribution in [2.24, 2.45) is 5.73 Å². The SMILES string of the molecule is Cc1cc(CSc2nnc(CN)n2C(C)C)on1. The molecule has 0 radical (unpaired) electrons. The average Bonchev–Trinajstić information content (AvgIpc) is 2.92. The van der Waals surface area contributed by atoms with Gasteiger partial charge < -0.3 is 14.8 Å². The smallest absolute Gasteiger partial charge is 0.191 e. The Morgan fingerprint density at radius 3 is 2.78 bits per heavy atom. The zero-order valence-corrected chi connectivity index (χ0v) is 11.6. The van der Waals surface area contributed by atoms with E-state index in [1.54, 1.807) is 11.8 Å². The van der Waals surface area contributed by atoms with Crippen molar-refractivity contribution in [2.75, 3.05) is 0 Å². The standard InChI is InChI=1S/C11H17N5OS/c1-7(2)16-10(5-12)13-14-11(16)18-6-9-4-8(3)15-17-9/h4,7H,5-6,12H2,1-3H3. The Morgan fingerprint density at radius 1 is 1.44 bits per heavy atom. The summed E-state index contributed by atoms with van der Waals surface area (Å²) in [5.41, 5.74) is 6.54. The summed E-state index contributed by atoms with van der Waals surface area (Å²) in [4.78, 5) is 0. The van der Waals surface area contributed by atoms with Crippen LogP contribution in [0.25, 0.3) is 0 Å². The molecule has 2 aromatic rings. The maximum atomic E-state index is 5.65. The van der Waals surface area contributed by atoms with Crippen LogP contribution in [0, 0.1) is 6.92 Å². The van der Waals surface area contributed by atoms with Crippen LogP contribution in [0.2, 0.25) is 0 Å². The van der Waals surface area contributed by atoms with Crippen LogP contribution < -0.4 is 5.73 Å². The molecular weight excluding hydrogens is 250 g/mol. The highest BCUT2D eigenvalue weighted by molar-refractivity contribution is 7.98. The largest absolute Gasteiger partial charge is 0.360 e. The molecule has 6 nitrogen and oxygen atoms in total. The maximum absolute atomic E-state index is 5.65. The lowest BCUT2D eigenvalue weighted by Crippen LogP contribution is -2.11. The second-order valence-electron chi connectivity index (χ2n) is 4.29. The molecule has 0 saturated carbocycles. The van der Waals surface area contributed by atoms with Gasteiger partial charge in [-0.2, -0.15) is 0 Å². The Hall–Kier alpha value is -1.34. The molecule has 98 valence electrons. The van der Waals surface area contributed by atoms with E-state index in [-0.39, 0.29) is 6.04 Å². The Balaban J connectivity index is 2.11. The number of aromatic nitrogens is 4. The monoisotopic (exact) mass is 267 g/mol. The van der Waals surface area contributed by atoms with Crippen molar-refractivity contribution in [2.45, 2.75) is 44.3 Å². The van der Waals surface area contributed by atoms with Gasteiger partial charge in [-0.05, 0) is 20.8 Å². The number of nitrogens with two attached hydrogens (primary N) is 1. The zero-order chi connectivity index (χ0) is 13.1. The van der Waals surface area contributed by atoms with Gasteiger partial charge in [0.1, 0.15) is 11.6 Å². The van der Waals surface area contributed by atoms with E-state index in [1.165, 1.54) is 0 Å². The number of nitrogens with zero attached hydrogens (tertiary/aromatic N) is 4. The summed E-state index contributed by atoms with van der Waals surface area (Å²) in [6.45, 7) is 6.48. The van der Waals surface area contributed by atoms with Crippen molar-refractivity contribution < 1.29 is 4.52 Å². The van der Waals surface area contributed by atoms with Crippen molar-refractivity contribution in [3.05, 3.63) is 23.3 Å². The first kappa shape index (κ1) is 13.1. The molecule has 0 amide bonds. The van der Waals surface area contributed by atoms with Crippen LogP contribution >= 0.6 is 11.8 Å². The zero-order valence-electron chi connectivity index (χ0n) is 10.8.